The van der Waals surface area contributed by atoms with E-state index in [0.29, 0.717) is 49.2 Å². The smallest absolute Gasteiger partial charge is 0.275 e. The van der Waals surface area contributed by atoms with Crippen molar-refractivity contribution in [3.8, 4) is 22.4 Å². The molecule has 1 fully saturated rings. The highest BCUT2D eigenvalue weighted by atomic mass is 32.2. The molecule has 3 aromatic heterocycles. The summed E-state index contributed by atoms with van der Waals surface area (Å²) in [6.07, 6.45) is 5.98. The lowest BCUT2D eigenvalue weighted by Crippen LogP contribution is -2.51. The lowest BCUT2D eigenvalue weighted by Gasteiger charge is -2.38. The quantitative estimate of drug-likeness (QED) is 0.206. The lowest BCUT2D eigenvalue weighted by atomic mass is 9.76. The predicted octanol–water partition coefficient (Wildman–Crippen LogP) is 3.18. The van der Waals surface area contributed by atoms with Gasteiger partial charge in [0.15, 0.2) is 15.5 Å². The summed E-state index contributed by atoms with van der Waals surface area (Å²) < 4.78 is 38.5. The highest BCUT2D eigenvalue weighted by Crippen LogP contribution is 2.43. The van der Waals surface area contributed by atoms with Gasteiger partial charge in [0.05, 0.1) is 37.9 Å². The fourth-order valence-corrected chi connectivity index (χ4v) is 6.57. The number of benzene rings is 1. The SMILES string of the molecule is COCCOC1(C(=O)NOC)CCC(c2nc3c(-c4ccc(-c5ccccc5)nc4)cnn3c(N)c2S(C)(=O)=O)CC1. The number of pyridine rings is 1. The Balaban J connectivity index is 1.52. The van der Waals surface area contributed by atoms with Crippen LogP contribution in [0.1, 0.15) is 37.3 Å². The molecule has 12 nitrogen and oxygen atoms in total. The Morgan fingerprint density at radius 1 is 1.07 bits per heavy atom. The number of amides is 1. The molecule has 222 valence electrons. The van der Waals surface area contributed by atoms with E-state index in [1.165, 1.54) is 11.6 Å². The number of nitrogen functional groups attached to an aromatic ring is 1. The Kier molecular flexibility index (Phi) is 8.55. The molecule has 0 bridgehead atoms. The molecule has 0 spiro atoms. The van der Waals surface area contributed by atoms with Gasteiger partial charge >= 0.3 is 0 Å². The van der Waals surface area contributed by atoms with Crippen molar-refractivity contribution in [3.05, 3.63) is 60.6 Å². The average Bonchev–Trinajstić information content (AvgIpc) is 3.42. The first-order valence-electron chi connectivity index (χ1n) is 13.5. The molecule has 5 rings (SSSR count). The molecule has 1 amide bonds. The van der Waals surface area contributed by atoms with Crippen molar-refractivity contribution in [1.29, 1.82) is 0 Å². The first kappa shape index (κ1) is 29.6. The van der Waals surface area contributed by atoms with Crippen LogP contribution in [-0.2, 0) is 28.9 Å². The summed E-state index contributed by atoms with van der Waals surface area (Å²) in [6.45, 7) is 0.546. The second-order valence-corrected chi connectivity index (χ2v) is 12.3. The van der Waals surface area contributed by atoms with Gasteiger partial charge in [-0.05, 0) is 31.7 Å². The highest BCUT2D eigenvalue weighted by molar-refractivity contribution is 7.91. The molecular weight excluding hydrogens is 560 g/mol. The van der Waals surface area contributed by atoms with Crippen LogP contribution in [-0.4, -0.2) is 73.2 Å². The molecule has 0 unspecified atom stereocenters. The highest BCUT2D eigenvalue weighted by Gasteiger charge is 2.45. The van der Waals surface area contributed by atoms with Crippen molar-refractivity contribution in [2.45, 2.75) is 42.1 Å². The maximum atomic E-state index is 13.0. The second-order valence-electron chi connectivity index (χ2n) is 10.3. The molecule has 42 heavy (non-hydrogen) atoms. The largest absolute Gasteiger partial charge is 0.382 e. The Morgan fingerprint density at radius 2 is 1.81 bits per heavy atom. The maximum Gasteiger partial charge on any atom is 0.275 e. The fourth-order valence-electron chi connectivity index (χ4n) is 5.51. The molecule has 0 atom stereocenters. The molecule has 1 aliphatic rings. The summed E-state index contributed by atoms with van der Waals surface area (Å²) in [7, 11) is -0.859. The number of hydrogen-bond acceptors (Lipinski definition) is 10. The Bertz CT molecular complexity index is 1670. The molecule has 3 N–H and O–H groups in total. The van der Waals surface area contributed by atoms with E-state index in [1.54, 1.807) is 19.5 Å². The van der Waals surface area contributed by atoms with E-state index >= 15 is 0 Å². The van der Waals surface area contributed by atoms with Crippen LogP contribution in [0.15, 0.2) is 59.8 Å². The third kappa shape index (κ3) is 5.73. The zero-order valence-electron chi connectivity index (χ0n) is 23.7. The fraction of sp³-hybridized carbons (Fsp3) is 0.379. The topological polar surface area (TPSA) is 160 Å². The van der Waals surface area contributed by atoms with E-state index in [0.717, 1.165) is 23.1 Å². The van der Waals surface area contributed by atoms with Gasteiger partial charge in [0, 0.05) is 42.2 Å². The van der Waals surface area contributed by atoms with Crippen molar-refractivity contribution in [2.75, 3.05) is 39.4 Å². The Labute approximate surface area is 244 Å². The number of nitrogens with two attached hydrogens (primary N) is 1. The van der Waals surface area contributed by atoms with Crippen LogP contribution in [0.2, 0.25) is 0 Å². The van der Waals surface area contributed by atoms with Crippen LogP contribution >= 0.6 is 0 Å². The second kappa shape index (κ2) is 12.1. The van der Waals surface area contributed by atoms with E-state index in [2.05, 4.69) is 15.6 Å². The number of methoxy groups -OCH3 is 1. The third-order valence-electron chi connectivity index (χ3n) is 7.63. The van der Waals surface area contributed by atoms with Crippen molar-refractivity contribution in [2.24, 2.45) is 0 Å². The van der Waals surface area contributed by atoms with Crippen molar-refractivity contribution < 1.29 is 27.5 Å². The number of ether oxygens (including phenoxy) is 2. The predicted molar refractivity (Wildman–Crippen MR) is 156 cm³/mol. The molecular formula is C29H34N6O6S. The number of sulfone groups is 1. The van der Waals surface area contributed by atoms with Gasteiger partial charge < -0.3 is 15.2 Å². The Hall–Kier alpha value is -3.91. The maximum absolute atomic E-state index is 13.0. The molecule has 0 radical (unpaired) electrons. The molecule has 3 heterocycles. The minimum atomic E-state index is -3.78. The summed E-state index contributed by atoms with van der Waals surface area (Å²) in [5.74, 6) is -0.698. The number of nitrogens with zero attached hydrogens (tertiary/aromatic N) is 4. The van der Waals surface area contributed by atoms with Crippen molar-refractivity contribution in [3.63, 3.8) is 0 Å². The number of rotatable bonds is 10. The molecule has 1 aromatic carbocycles. The zero-order valence-corrected chi connectivity index (χ0v) is 24.6. The minimum Gasteiger partial charge on any atom is -0.382 e. The summed E-state index contributed by atoms with van der Waals surface area (Å²) >= 11 is 0. The van der Waals surface area contributed by atoms with E-state index in [9.17, 15) is 13.2 Å². The molecule has 1 saturated carbocycles. The summed E-state index contributed by atoms with van der Waals surface area (Å²) in [4.78, 5) is 27.3. The number of anilines is 1. The van der Waals surface area contributed by atoms with Crippen LogP contribution in [0.4, 0.5) is 5.82 Å². The van der Waals surface area contributed by atoms with Gasteiger partial charge in [0.25, 0.3) is 5.91 Å². The zero-order chi connectivity index (χ0) is 29.9. The van der Waals surface area contributed by atoms with E-state index in [1.807, 2.05) is 42.5 Å². The van der Waals surface area contributed by atoms with E-state index < -0.39 is 21.3 Å². The molecule has 4 aromatic rings. The van der Waals surface area contributed by atoms with Crippen LogP contribution in [0.5, 0.6) is 0 Å². The number of carbonyl (C=O) groups is 1. The van der Waals surface area contributed by atoms with E-state index in [4.69, 9.17) is 25.0 Å². The Morgan fingerprint density at radius 3 is 2.43 bits per heavy atom. The molecule has 0 aliphatic heterocycles. The normalized spacial score (nSPS) is 19.2. The van der Waals surface area contributed by atoms with Crippen molar-refractivity contribution in [1.82, 2.24) is 25.1 Å². The standard InChI is InChI=1S/C29H34N6O6S/c1-39-15-16-41-29(28(36)34-40-2)13-11-20(12-14-29)24-25(42(3,37)38)26(30)35-27(33-24)22(18-32-35)21-9-10-23(31-17-21)19-7-5-4-6-8-19/h4-10,17-18,20H,11-16,30H2,1-3H3,(H,34,36). The summed E-state index contributed by atoms with van der Waals surface area (Å²) in [5.41, 5.74) is 11.7. The van der Waals surface area contributed by atoms with Crippen LogP contribution in [0.25, 0.3) is 28.0 Å². The summed E-state index contributed by atoms with van der Waals surface area (Å²) in [6, 6.07) is 13.7. The van der Waals surface area contributed by atoms with Gasteiger partial charge in [0.2, 0.25) is 0 Å². The van der Waals surface area contributed by atoms with Gasteiger partial charge in [-0.15, -0.1) is 0 Å². The van der Waals surface area contributed by atoms with E-state index in [-0.39, 0.29) is 23.2 Å². The van der Waals surface area contributed by atoms with Gasteiger partial charge in [-0.2, -0.15) is 9.61 Å². The summed E-state index contributed by atoms with van der Waals surface area (Å²) in [5, 5.41) is 4.38. The van der Waals surface area contributed by atoms with Gasteiger partial charge in [-0.3, -0.25) is 14.6 Å². The van der Waals surface area contributed by atoms with Gasteiger partial charge in [0.1, 0.15) is 16.3 Å². The number of nitrogens with one attached hydrogen (secondary N) is 1. The number of hydroxylamine groups is 1. The first-order chi connectivity index (χ1) is 20.2. The molecule has 13 heteroatoms. The number of carbonyl (C=O) groups excluding carboxylic acids is 1. The van der Waals surface area contributed by atoms with Gasteiger partial charge in [-0.25, -0.2) is 18.9 Å². The van der Waals surface area contributed by atoms with Crippen LogP contribution < -0.4 is 11.2 Å². The molecule has 0 saturated heterocycles. The van der Waals surface area contributed by atoms with Crippen LogP contribution in [0, 0.1) is 0 Å². The number of aromatic nitrogens is 4. The van der Waals surface area contributed by atoms with Crippen LogP contribution in [0.3, 0.4) is 0 Å². The average molecular weight is 595 g/mol. The lowest BCUT2D eigenvalue weighted by molar-refractivity contribution is -0.165. The first-order valence-corrected chi connectivity index (χ1v) is 15.4. The number of fused-ring (bicyclic) bond motifs is 1. The monoisotopic (exact) mass is 594 g/mol. The number of hydrogen-bond donors (Lipinski definition) is 2. The minimum absolute atomic E-state index is 0.0112. The van der Waals surface area contributed by atoms with Crippen molar-refractivity contribution >= 4 is 27.2 Å². The molecule has 1 aliphatic carbocycles. The third-order valence-corrected chi connectivity index (χ3v) is 8.79. The van der Waals surface area contributed by atoms with Gasteiger partial charge in [-0.1, -0.05) is 36.4 Å².